The second-order valence-corrected chi connectivity index (χ2v) is 8.15. The summed E-state index contributed by atoms with van der Waals surface area (Å²) in [6.07, 6.45) is 2.30. The number of nitrogens with one attached hydrogen (secondary N) is 1. The minimum Gasteiger partial charge on any atom is -0.299 e. The average molecular weight is 379 g/mol. The fraction of sp³-hybridized carbons (Fsp3) is 0.278. The Bertz CT molecular complexity index is 860. The number of benzene rings is 2. The molecule has 0 spiro atoms. The maximum Gasteiger partial charge on any atom is 0.265 e. The minimum absolute atomic E-state index is 0.00211. The average Bonchev–Trinajstić information content (AvgIpc) is 3.08. The number of likely N-dealkylation sites (tertiary alicyclic amines) is 1. The molecule has 1 saturated heterocycles. The zero-order chi connectivity index (χ0) is 17.9. The molecule has 0 aliphatic carbocycles. The van der Waals surface area contributed by atoms with Crippen LogP contribution in [0.25, 0.3) is 0 Å². The Balaban J connectivity index is 1.80. The van der Waals surface area contributed by atoms with E-state index >= 15 is 0 Å². The van der Waals surface area contributed by atoms with Crippen LogP contribution >= 0.6 is 11.6 Å². The van der Waals surface area contributed by atoms with Crippen molar-refractivity contribution in [1.29, 1.82) is 0 Å². The first kappa shape index (κ1) is 17.9. The van der Waals surface area contributed by atoms with Crippen LogP contribution in [0.15, 0.2) is 53.4 Å². The number of carbonyl (C=O) groups is 1. The predicted molar refractivity (Wildman–Crippen MR) is 97.1 cm³/mol. The maximum absolute atomic E-state index is 12.6. The summed E-state index contributed by atoms with van der Waals surface area (Å²) >= 11 is 5.78. The molecule has 0 atom stereocenters. The second-order valence-electron chi connectivity index (χ2n) is 6.03. The Morgan fingerprint density at radius 2 is 1.68 bits per heavy atom. The Morgan fingerprint density at radius 1 is 1.04 bits per heavy atom. The number of hydrogen-bond acceptors (Lipinski definition) is 4. The summed E-state index contributed by atoms with van der Waals surface area (Å²) in [4.78, 5) is 14.8. The van der Waals surface area contributed by atoms with E-state index in [0.29, 0.717) is 17.1 Å². The van der Waals surface area contributed by atoms with E-state index in [1.54, 1.807) is 12.1 Å². The van der Waals surface area contributed by atoms with Gasteiger partial charge >= 0.3 is 0 Å². The molecule has 1 aliphatic rings. The maximum atomic E-state index is 12.6. The van der Waals surface area contributed by atoms with Gasteiger partial charge in [-0.1, -0.05) is 29.8 Å². The van der Waals surface area contributed by atoms with Crippen molar-refractivity contribution >= 4 is 27.5 Å². The zero-order valence-corrected chi connectivity index (χ0v) is 15.2. The third-order valence-electron chi connectivity index (χ3n) is 4.21. The van der Waals surface area contributed by atoms with Crippen LogP contribution in [0.1, 0.15) is 28.8 Å². The molecule has 1 amide bonds. The first-order valence-corrected chi connectivity index (χ1v) is 9.95. The van der Waals surface area contributed by atoms with Crippen molar-refractivity contribution in [3.05, 3.63) is 64.7 Å². The van der Waals surface area contributed by atoms with Crippen molar-refractivity contribution < 1.29 is 13.2 Å². The number of rotatable bonds is 5. The third-order valence-corrected chi connectivity index (χ3v) is 5.80. The predicted octanol–water partition coefficient (Wildman–Crippen LogP) is 3.05. The highest BCUT2D eigenvalue weighted by Crippen LogP contribution is 2.18. The molecule has 0 aromatic heterocycles. The Morgan fingerprint density at radius 3 is 2.36 bits per heavy atom. The van der Waals surface area contributed by atoms with E-state index in [1.807, 2.05) is 12.1 Å². The molecule has 5 nitrogen and oxygen atoms in total. The number of amides is 1. The summed E-state index contributed by atoms with van der Waals surface area (Å²) < 4.78 is 26.9. The van der Waals surface area contributed by atoms with E-state index < -0.39 is 15.9 Å². The Labute approximate surface area is 152 Å². The molecule has 0 saturated carbocycles. The molecule has 7 heteroatoms. The van der Waals surface area contributed by atoms with Crippen molar-refractivity contribution in [2.24, 2.45) is 0 Å². The fourth-order valence-corrected chi connectivity index (χ4v) is 4.00. The Kier molecular flexibility index (Phi) is 5.42. The van der Waals surface area contributed by atoms with Crippen molar-refractivity contribution in [1.82, 2.24) is 9.62 Å². The molecule has 0 unspecified atom stereocenters. The van der Waals surface area contributed by atoms with Gasteiger partial charge < -0.3 is 0 Å². The summed E-state index contributed by atoms with van der Waals surface area (Å²) in [5.74, 6) is -0.621. The fourth-order valence-electron chi connectivity index (χ4n) is 2.91. The lowest BCUT2D eigenvalue weighted by atomic mass is 10.1. The third kappa shape index (κ3) is 4.39. The molecule has 1 heterocycles. The smallest absolute Gasteiger partial charge is 0.265 e. The number of nitrogens with zero attached hydrogens (tertiary/aromatic N) is 1. The zero-order valence-electron chi connectivity index (χ0n) is 13.6. The van der Waals surface area contributed by atoms with Gasteiger partial charge in [0.2, 0.25) is 0 Å². The highest BCUT2D eigenvalue weighted by atomic mass is 35.5. The minimum atomic E-state index is -3.94. The van der Waals surface area contributed by atoms with Crippen molar-refractivity contribution in [2.75, 3.05) is 13.1 Å². The lowest BCUT2D eigenvalue weighted by Crippen LogP contribution is -2.32. The molecule has 0 bridgehead atoms. The molecule has 1 aliphatic heterocycles. The Hall–Kier alpha value is -1.89. The normalized spacial score (nSPS) is 15.2. The highest BCUT2D eigenvalue weighted by Gasteiger charge is 2.21. The van der Waals surface area contributed by atoms with Gasteiger partial charge in [-0.2, -0.15) is 0 Å². The molecule has 2 aromatic carbocycles. The highest BCUT2D eigenvalue weighted by molar-refractivity contribution is 7.90. The summed E-state index contributed by atoms with van der Waals surface area (Å²) in [5.41, 5.74) is 1.21. The summed E-state index contributed by atoms with van der Waals surface area (Å²) in [6, 6.07) is 12.8. The van der Waals surface area contributed by atoms with Crippen LogP contribution in [0, 0.1) is 0 Å². The van der Waals surface area contributed by atoms with Crippen LogP contribution in [-0.2, 0) is 16.6 Å². The van der Waals surface area contributed by atoms with Crippen LogP contribution < -0.4 is 4.72 Å². The molecule has 25 heavy (non-hydrogen) atoms. The molecule has 132 valence electrons. The summed E-state index contributed by atoms with van der Waals surface area (Å²) in [7, 11) is -3.94. The van der Waals surface area contributed by atoms with Crippen LogP contribution in [-0.4, -0.2) is 32.3 Å². The van der Waals surface area contributed by atoms with Crippen LogP contribution in [0.5, 0.6) is 0 Å². The topological polar surface area (TPSA) is 66.5 Å². The van der Waals surface area contributed by atoms with Crippen LogP contribution in [0.3, 0.4) is 0 Å². The van der Waals surface area contributed by atoms with Crippen molar-refractivity contribution in [3.8, 4) is 0 Å². The van der Waals surface area contributed by atoms with Gasteiger partial charge in [0.1, 0.15) is 0 Å². The van der Waals surface area contributed by atoms with E-state index in [-0.39, 0.29) is 4.90 Å². The molecule has 3 rings (SSSR count). The molecule has 1 fully saturated rings. The van der Waals surface area contributed by atoms with E-state index in [4.69, 9.17) is 11.6 Å². The largest absolute Gasteiger partial charge is 0.299 e. The molecule has 2 aromatic rings. The molecular weight excluding hydrogens is 360 g/mol. The number of halogens is 1. The van der Waals surface area contributed by atoms with Crippen molar-refractivity contribution in [3.63, 3.8) is 0 Å². The SMILES string of the molecule is O=C(NS(=O)(=O)c1ccc(Cl)cc1)c1ccccc1CN1CCCC1. The van der Waals surface area contributed by atoms with Crippen LogP contribution in [0.4, 0.5) is 0 Å². The summed E-state index contributed by atoms with van der Waals surface area (Å²) in [5, 5.41) is 0.432. The van der Waals surface area contributed by atoms with Gasteiger partial charge in [-0.25, -0.2) is 13.1 Å². The standard InChI is InChI=1S/C18H19ClN2O3S/c19-15-7-9-16(10-8-15)25(23,24)20-18(22)17-6-2-1-5-14(17)13-21-11-3-4-12-21/h1-2,5-10H,3-4,11-13H2,(H,20,22). The van der Waals surface area contributed by atoms with Crippen molar-refractivity contribution in [2.45, 2.75) is 24.3 Å². The van der Waals surface area contributed by atoms with Gasteiger partial charge in [-0.05, 0) is 61.8 Å². The van der Waals surface area contributed by atoms with Crippen LogP contribution in [0.2, 0.25) is 5.02 Å². The first-order valence-electron chi connectivity index (χ1n) is 8.09. The molecule has 1 N–H and O–H groups in total. The van der Waals surface area contributed by atoms with Gasteiger partial charge in [-0.3, -0.25) is 9.69 Å². The number of carbonyl (C=O) groups excluding carboxylic acids is 1. The lowest BCUT2D eigenvalue weighted by Gasteiger charge is -2.17. The monoisotopic (exact) mass is 378 g/mol. The van der Waals surface area contributed by atoms with E-state index in [9.17, 15) is 13.2 Å². The quantitative estimate of drug-likeness (QED) is 0.868. The first-order chi connectivity index (χ1) is 12.0. The molecule has 0 radical (unpaired) electrons. The summed E-state index contributed by atoms with van der Waals surface area (Å²) in [6.45, 7) is 2.64. The van der Waals surface area contributed by atoms with Gasteiger partial charge in [0.15, 0.2) is 0 Å². The lowest BCUT2D eigenvalue weighted by molar-refractivity contribution is 0.0979. The van der Waals surface area contributed by atoms with E-state index in [1.165, 1.54) is 24.3 Å². The van der Waals surface area contributed by atoms with Gasteiger partial charge in [0.25, 0.3) is 15.9 Å². The number of sulfonamides is 1. The second kappa shape index (κ2) is 7.56. The number of hydrogen-bond donors (Lipinski definition) is 1. The van der Waals surface area contributed by atoms with Gasteiger partial charge in [0.05, 0.1) is 4.90 Å². The van der Waals surface area contributed by atoms with Gasteiger partial charge in [0, 0.05) is 17.1 Å². The molecular formula is C18H19ClN2O3S. The van der Waals surface area contributed by atoms with E-state index in [0.717, 1.165) is 31.5 Å². The van der Waals surface area contributed by atoms with E-state index in [2.05, 4.69) is 9.62 Å². The van der Waals surface area contributed by atoms with Gasteiger partial charge in [-0.15, -0.1) is 0 Å².